The lowest BCUT2D eigenvalue weighted by atomic mass is 9.83. The number of thiazole rings is 1. The molecule has 0 radical (unpaired) electrons. The third-order valence-corrected chi connectivity index (χ3v) is 6.61. The van der Waals surface area contributed by atoms with Crippen molar-refractivity contribution in [2.75, 3.05) is 7.05 Å². The number of amides is 2. The largest absolute Gasteiger partial charge is 0.350 e. The van der Waals surface area contributed by atoms with Crippen molar-refractivity contribution in [3.05, 3.63) is 51.5 Å². The Bertz CT molecular complexity index is 841. The zero-order valence-corrected chi connectivity index (χ0v) is 16.6. The van der Waals surface area contributed by atoms with Crippen molar-refractivity contribution in [3.8, 4) is 0 Å². The van der Waals surface area contributed by atoms with E-state index in [9.17, 15) is 9.59 Å². The number of hydrogen-bond acceptors (Lipinski definition) is 4. The van der Waals surface area contributed by atoms with Crippen LogP contribution < -0.4 is 5.32 Å². The van der Waals surface area contributed by atoms with Gasteiger partial charge in [-0.1, -0.05) is 29.8 Å². The molecule has 2 unspecified atom stereocenters. The minimum Gasteiger partial charge on any atom is -0.350 e. The molecular weight excluding hydrogens is 358 g/mol. The van der Waals surface area contributed by atoms with E-state index in [2.05, 4.69) is 10.3 Å². The highest BCUT2D eigenvalue weighted by atomic mass is 32.1. The molecule has 2 atom stereocenters. The summed E-state index contributed by atoms with van der Waals surface area (Å²) in [6.07, 6.45) is 3.47. The summed E-state index contributed by atoms with van der Waals surface area (Å²) in [5.41, 5.74) is 3.11. The molecule has 142 valence electrons. The van der Waals surface area contributed by atoms with Gasteiger partial charge in [-0.25, -0.2) is 4.98 Å². The van der Waals surface area contributed by atoms with Gasteiger partial charge in [-0.05, 0) is 31.7 Å². The summed E-state index contributed by atoms with van der Waals surface area (Å²) in [6, 6.07) is 7.90. The molecule has 2 heterocycles. The van der Waals surface area contributed by atoms with E-state index >= 15 is 0 Å². The van der Waals surface area contributed by atoms with Crippen molar-refractivity contribution in [2.45, 2.75) is 51.1 Å². The quantitative estimate of drug-likeness (QED) is 0.859. The first-order valence-electron chi connectivity index (χ1n) is 9.57. The number of aryl methyl sites for hydroxylation is 1. The lowest BCUT2D eigenvalue weighted by Gasteiger charge is -2.38. The molecule has 2 aliphatic rings. The van der Waals surface area contributed by atoms with Crippen molar-refractivity contribution in [1.82, 2.24) is 15.2 Å². The number of rotatable bonds is 5. The van der Waals surface area contributed by atoms with Crippen molar-refractivity contribution >= 4 is 23.2 Å². The fraction of sp³-hybridized carbons (Fsp3) is 0.476. The second-order valence-electron chi connectivity index (χ2n) is 7.67. The molecule has 4 rings (SSSR count). The molecule has 1 aromatic heterocycles. The normalized spacial score (nSPS) is 22.7. The topological polar surface area (TPSA) is 62.3 Å². The number of nitrogens with zero attached hydrogens (tertiary/aromatic N) is 2. The Morgan fingerprint density at radius 2 is 2.00 bits per heavy atom. The third kappa shape index (κ3) is 3.90. The van der Waals surface area contributed by atoms with Crippen LogP contribution in [0.3, 0.4) is 0 Å². The molecule has 2 fully saturated rings. The molecule has 2 aromatic rings. The van der Waals surface area contributed by atoms with Crippen LogP contribution in [0.25, 0.3) is 0 Å². The number of benzene rings is 1. The van der Waals surface area contributed by atoms with Gasteiger partial charge in [0.05, 0.1) is 29.2 Å². The number of likely N-dealkylation sites (tertiary alicyclic amines) is 1. The smallest absolute Gasteiger partial charge is 0.225 e. The molecule has 6 heteroatoms. The molecule has 1 aliphatic carbocycles. The highest BCUT2D eigenvalue weighted by Gasteiger charge is 2.38. The first-order valence-corrected chi connectivity index (χ1v) is 10.4. The van der Waals surface area contributed by atoms with Crippen LogP contribution in [0.4, 0.5) is 0 Å². The van der Waals surface area contributed by atoms with E-state index in [1.807, 2.05) is 36.6 Å². The minimum atomic E-state index is -0.239. The van der Waals surface area contributed by atoms with E-state index in [1.54, 1.807) is 23.3 Å². The van der Waals surface area contributed by atoms with Crippen LogP contribution in [-0.4, -0.2) is 28.7 Å². The van der Waals surface area contributed by atoms with Gasteiger partial charge in [0.2, 0.25) is 11.8 Å². The summed E-state index contributed by atoms with van der Waals surface area (Å²) in [6.45, 7) is 2.49. The van der Waals surface area contributed by atoms with Gasteiger partial charge < -0.3 is 10.2 Å². The lowest BCUT2D eigenvalue weighted by molar-refractivity contribution is -0.141. The highest BCUT2D eigenvalue weighted by Crippen LogP contribution is 2.41. The maximum absolute atomic E-state index is 13.0. The average Bonchev–Trinajstić information content (AvgIpc) is 3.41. The molecule has 0 spiro atoms. The predicted octanol–water partition coefficient (Wildman–Crippen LogP) is 3.55. The Morgan fingerprint density at radius 3 is 2.70 bits per heavy atom. The van der Waals surface area contributed by atoms with Crippen LogP contribution >= 0.6 is 11.3 Å². The van der Waals surface area contributed by atoms with Crippen molar-refractivity contribution < 1.29 is 9.59 Å². The molecule has 0 bridgehead atoms. The number of nitrogens with one attached hydrogen (secondary N) is 1. The summed E-state index contributed by atoms with van der Waals surface area (Å²) in [5.74, 6) is 0.499. The number of aromatic nitrogens is 1. The van der Waals surface area contributed by atoms with Crippen LogP contribution in [0.2, 0.25) is 0 Å². The second kappa shape index (κ2) is 7.43. The molecule has 1 aliphatic heterocycles. The SMILES string of the molecule is Cc1ccc(C2C(C(=O)NCc3csc(C4CC4)n3)CCC(=O)N2C)cc1. The average molecular weight is 384 g/mol. The van der Waals surface area contributed by atoms with Gasteiger partial charge in [0.1, 0.15) is 0 Å². The summed E-state index contributed by atoms with van der Waals surface area (Å²) in [4.78, 5) is 31.6. The first kappa shape index (κ1) is 18.2. The van der Waals surface area contributed by atoms with Gasteiger partial charge >= 0.3 is 0 Å². The Balaban J connectivity index is 1.47. The third-order valence-electron chi connectivity index (χ3n) is 5.56. The van der Waals surface area contributed by atoms with Gasteiger partial charge in [0.25, 0.3) is 0 Å². The molecule has 5 nitrogen and oxygen atoms in total. The summed E-state index contributed by atoms with van der Waals surface area (Å²) >= 11 is 1.69. The molecule has 2 amide bonds. The Kier molecular flexibility index (Phi) is 5.00. The zero-order chi connectivity index (χ0) is 19.0. The fourth-order valence-corrected chi connectivity index (χ4v) is 4.75. The number of carbonyl (C=O) groups is 2. The molecule has 27 heavy (non-hydrogen) atoms. The Labute approximate surface area is 163 Å². The second-order valence-corrected chi connectivity index (χ2v) is 8.56. The first-order chi connectivity index (χ1) is 13.0. The van der Waals surface area contributed by atoms with Crippen LogP contribution in [0.15, 0.2) is 29.6 Å². The zero-order valence-electron chi connectivity index (χ0n) is 15.8. The molecular formula is C21H25N3O2S. The van der Waals surface area contributed by atoms with Gasteiger partial charge in [-0.2, -0.15) is 0 Å². The minimum absolute atomic E-state index is 0.000830. The van der Waals surface area contributed by atoms with Crippen LogP contribution in [0.5, 0.6) is 0 Å². The van der Waals surface area contributed by atoms with E-state index in [0.29, 0.717) is 25.3 Å². The molecule has 1 N–H and O–H groups in total. The van der Waals surface area contributed by atoms with E-state index < -0.39 is 0 Å². The maximum atomic E-state index is 13.0. The maximum Gasteiger partial charge on any atom is 0.225 e. The highest BCUT2D eigenvalue weighted by molar-refractivity contribution is 7.09. The van der Waals surface area contributed by atoms with Gasteiger partial charge in [-0.3, -0.25) is 9.59 Å². The van der Waals surface area contributed by atoms with E-state index in [-0.39, 0.29) is 23.8 Å². The van der Waals surface area contributed by atoms with Crippen LogP contribution in [0.1, 0.15) is 59.5 Å². The Hall–Kier alpha value is -2.21. The fourth-order valence-electron chi connectivity index (χ4n) is 3.76. The van der Waals surface area contributed by atoms with Crippen LogP contribution in [0, 0.1) is 12.8 Å². The van der Waals surface area contributed by atoms with E-state index in [4.69, 9.17) is 0 Å². The van der Waals surface area contributed by atoms with Gasteiger partial charge in [0, 0.05) is 24.8 Å². The summed E-state index contributed by atoms with van der Waals surface area (Å²) < 4.78 is 0. The van der Waals surface area contributed by atoms with Crippen molar-refractivity contribution in [1.29, 1.82) is 0 Å². The van der Waals surface area contributed by atoms with Crippen molar-refractivity contribution in [2.24, 2.45) is 5.92 Å². The summed E-state index contributed by atoms with van der Waals surface area (Å²) in [7, 11) is 1.80. The van der Waals surface area contributed by atoms with Gasteiger partial charge in [0.15, 0.2) is 0 Å². The van der Waals surface area contributed by atoms with Crippen molar-refractivity contribution in [3.63, 3.8) is 0 Å². The number of hydrogen-bond donors (Lipinski definition) is 1. The van der Waals surface area contributed by atoms with Crippen LogP contribution in [-0.2, 0) is 16.1 Å². The van der Waals surface area contributed by atoms with Gasteiger partial charge in [-0.15, -0.1) is 11.3 Å². The molecule has 1 saturated heterocycles. The lowest BCUT2D eigenvalue weighted by Crippen LogP contribution is -2.46. The van der Waals surface area contributed by atoms with E-state index in [1.165, 1.54) is 23.4 Å². The Morgan fingerprint density at radius 1 is 1.26 bits per heavy atom. The monoisotopic (exact) mass is 383 g/mol. The molecule has 1 saturated carbocycles. The predicted molar refractivity (Wildman–Crippen MR) is 105 cm³/mol. The number of piperidine rings is 1. The van der Waals surface area contributed by atoms with E-state index in [0.717, 1.165) is 11.3 Å². The summed E-state index contributed by atoms with van der Waals surface area (Å²) in [5, 5.41) is 6.29. The molecule has 1 aromatic carbocycles. The number of carbonyl (C=O) groups excluding carboxylic acids is 2. The standard InChI is InChI=1S/C21H25N3O2S/c1-13-3-5-14(6-4-13)19-17(9-10-18(25)24(19)2)20(26)22-11-16-12-27-21(23-16)15-7-8-15/h3-6,12,15,17,19H,7-11H2,1-2H3,(H,22,26).